The van der Waals surface area contributed by atoms with E-state index in [4.69, 9.17) is 21.4 Å². The Kier molecular flexibility index (Phi) is 5.62. The van der Waals surface area contributed by atoms with E-state index in [1.54, 1.807) is 68.6 Å². The van der Waals surface area contributed by atoms with Gasteiger partial charge >= 0.3 is 0 Å². The molecule has 2 heterocycles. The van der Waals surface area contributed by atoms with Crippen LogP contribution in [0.25, 0.3) is 17.4 Å². The van der Waals surface area contributed by atoms with Crippen molar-refractivity contribution in [2.24, 2.45) is 0 Å². The molecule has 7 nitrogen and oxygen atoms in total. The van der Waals surface area contributed by atoms with Crippen molar-refractivity contribution in [3.63, 3.8) is 0 Å². The van der Waals surface area contributed by atoms with Gasteiger partial charge in [0, 0.05) is 12.1 Å². The standard InChI is InChI=1S/C22H16N2O5S2/c1-13-3-9-17(18(11-13)24(26)27)19-10-8-16(29-19)12-20-21(25)23(22(30)31-20)14-4-6-15(28-2)7-5-14/h3-12H,1-2H3/b20-12-. The maximum Gasteiger partial charge on any atom is 0.280 e. The Morgan fingerprint density at radius 1 is 1.16 bits per heavy atom. The van der Waals surface area contributed by atoms with Gasteiger partial charge in [0.25, 0.3) is 11.6 Å². The van der Waals surface area contributed by atoms with E-state index in [9.17, 15) is 14.9 Å². The van der Waals surface area contributed by atoms with Gasteiger partial charge in [-0.05, 0) is 55.0 Å². The van der Waals surface area contributed by atoms with Gasteiger partial charge < -0.3 is 9.15 Å². The zero-order valence-electron chi connectivity index (χ0n) is 16.5. The van der Waals surface area contributed by atoms with Gasteiger partial charge in [-0.1, -0.05) is 30.0 Å². The van der Waals surface area contributed by atoms with Crippen molar-refractivity contribution in [3.05, 3.63) is 80.9 Å². The number of aryl methyl sites for hydroxylation is 1. The minimum atomic E-state index is -0.440. The molecule has 0 aliphatic carbocycles. The van der Waals surface area contributed by atoms with E-state index in [0.29, 0.717) is 37.7 Å². The largest absolute Gasteiger partial charge is 0.497 e. The third-order valence-corrected chi connectivity index (χ3v) is 5.94. The van der Waals surface area contributed by atoms with Crippen LogP contribution in [0, 0.1) is 17.0 Å². The lowest BCUT2D eigenvalue weighted by atomic mass is 10.1. The first kappa shape index (κ1) is 20.8. The molecule has 0 N–H and O–H groups in total. The van der Waals surface area contributed by atoms with Crippen LogP contribution in [0.3, 0.4) is 0 Å². The van der Waals surface area contributed by atoms with E-state index in [1.165, 1.54) is 22.7 Å². The van der Waals surface area contributed by atoms with Crippen LogP contribution in [0.4, 0.5) is 11.4 Å². The minimum Gasteiger partial charge on any atom is -0.497 e. The molecule has 1 amide bonds. The molecule has 1 fully saturated rings. The van der Waals surface area contributed by atoms with Crippen LogP contribution in [0.5, 0.6) is 5.75 Å². The zero-order chi connectivity index (χ0) is 22.1. The van der Waals surface area contributed by atoms with Crippen molar-refractivity contribution < 1.29 is 18.9 Å². The van der Waals surface area contributed by atoms with Gasteiger partial charge in [-0.15, -0.1) is 0 Å². The molecule has 3 aromatic rings. The van der Waals surface area contributed by atoms with Crippen molar-refractivity contribution >= 4 is 51.7 Å². The van der Waals surface area contributed by atoms with Crippen molar-refractivity contribution in [1.82, 2.24) is 0 Å². The van der Waals surface area contributed by atoms with Gasteiger partial charge in [0.15, 0.2) is 4.32 Å². The number of carbonyl (C=O) groups excluding carboxylic acids is 1. The topological polar surface area (TPSA) is 85.8 Å². The number of amides is 1. The molecule has 1 aromatic heterocycles. The van der Waals surface area contributed by atoms with Crippen LogP contribution < -0.4 is 9.64 Å². The number of nitro groups is 1. The number of thiocarbonyl (C=S) groups is 1. The molecule has 31 heavy (non-hydrogen) atoms. The zero-order valence-corrected chi connectivity index (χ0v) is 18.2. The summed E-state index contributed by atoms with van der Waals surface area (Å²) in [6.45, 7) is 1.79. The molecule has 9 heteroatoms. The lowest BCUT2D eigenvalue weighted by molar-refractivity contribution is -0.384. The fourth-order valence-electron chi connectivity index (χ4n) is 3.13. The molecule has 0 bridgehead atoms. The van der Waals surface area contributed by atoms with Gasteiger partial charge in [-0.25, -0.2) is 0 Å². The first-order valence-electron chi connectivity index (χ1n) is 9.14. The van der Waals surface area contributed by atoms with Crippen LogP contribution in [0.1, 0.15) is 11.3 Å². The molecule has 1 aliphatic rings. The number of ether oxygens (including phenoxy) is 1. The van der Waals surface area contributed by atoms with E-state index in [0.717, 1.165) is 5.56 Å². The number of nitro benzene ring substituents is 1. The van der Waals surface area contributed by atoms with Crippen molar-refractivity contribution in [1.29, 1.82) is 0 Å². The Morgan fingerprint density at radius 3 is 2.58 bits per heavy atom. The van der Waals surface area contributed by atoms with Crippen molar-refractivity contribution in [2.75, 3.05) is 12.0 Å². The quantitative estimate of drug-likeness (QED) is 0.216. The SMILES string of the molecule is COc1ccc(N2C(=O)/C(=C/c3ccc(-c4ccc(C)cc4[N+](=O)[O-])o3)SC2=S)cc1. The number of rotatable bonds is 5. The number of hydrogen-bond donors (Lipinski definition) is 0. The number of nitrogens with zero attached hydrogens (tertiary/aromatic N) is 2. The fraction of sp³-hybridized carbons (Fsp3) is 0.0909. The van der Waals surface area contributed by atoms with E-state index in [2.05, 4.69) is 0 Å². The predicted octanol–water partition coefficient (Wildman–Crippen LogP) is 5.58. The molecular weight excluding hydrogens is 436 g/mol. The first-order valence-corrected chi connectivity index (χ1v) is 10.4. The molecule has 156 valence electrons. The lowest BCUT2D eigenvalue weighted by Gasteiger charge is -2.14. The number of benzene rings is 2. The molecule has 1 saturated heterocycles. The van der Waals surface area contributed by atoms with Crippen LogP contribution >= 0.6 is 24.0 Å². The Morgan fingerprint density at radius 2 is 1.90 bits per heavy atom. The number of carbonyl (C=O) groups is 1. The number of thioether (sulfide) groups is 1. The van der Waals surface area contributed by atoms with Gasteiger partial charge in [-0.3, -0.25) is 19.8 Å². The van der Waals surface area contributed by atoms with E-state index in [-0.39, 0.29) is 11.6 Å². The monoisotopic (exact) mass is 452 g/mol. The van der Waals surface area contributed by atoms with E-state index in [1.807, 2.05) is 0 Å². The van der Waals surface area contributed by atoms with Crippen LogP contribution in [-0.4, -0.2) is 22.3 Å². The summed E-state index contributed by atoms with van der Waals surface area (Å²) in [7, 11) is 1.57. The second kappa shape index (κ2) is 8.37. The highest BCUT2D eigenvalue weighted by atomic mass is 32.2. The van der Waals surface area contributed by atoms with Gasteiger partial charge in [0.05, 0.1) is 28.2 Å². The molecule has 0 radical (unpaired) electrons. The highest BCUT2D eigenvalue weighted by Gasteiger charge is 2.33. The summed E-state index contributed by atoms with van der Waals surface area (Å²) in [5.41, 5.74) is 1.76. The van der Waals surface area contributed by atoms with Gasteiger partial charge in [0.2, 0.25) is 0 Å². The molecule has 0 spiro atoms. The number of methoxy groups -OCH3 is 1. The Bertz CT molecular complexity index is 1230. The predicted molar refractivity (Wildman–Crippen MR) is 124 cm³/mol. The number of furan rings is 1. The number of hydrogen-bond acceptors (Lipinski definition) is 7. The third kappa shape index (κ3) is 4.10. The number of anilines is 1. The van der Waals surface area contributed by atoms with Crippen LogP contribution in [0.15, 0.2) is 63.9 Å². The fourth-order valence-corrected chi connectivity index (χ4v) is 4.41. The molecule has 0 unspecified atom stereocenters. The summed E-state index contributed by atoms with van der Waals surface area (Å²) in [6.07, 6.45) is 1.59. The first-order chi connectivity index (χ1) is 14.9. The molecule has 0 atom stereocenters. The highest BCUT2D eigenvalue weighted by Crippen LogP contribution is 2.38. The second-order valence-electron chi connectivity index (χ2n) is 6.69. The maximum absolute atomic E-state index is 12.9. The molecule has 0 saturated carbocycles. The Balaban J connectivity index is 1.62. The van der Waals surface area contributed by atoms with Crippen LogP contribution in [-0.2, 0) is 4.79 Å². The van der Waals surface area contributed by atoms with Crippen molar-refractivity contribution in [3.8, 4) is 17.1 Å². The van der Waals surface area contributed by atoms with Crippen LogP contribution in [0.2, 0.25) is 0 Å². The van der Waals surface area contributed by atoms with E-state index < -0.39 is 4.92 Å². The van der Waals surface area contributed by atoms with Gasteiger partial charge in [-0.2, -0.15) is 0 Å². The molecule has 1 aliphatic heterocycles. The summed E-state index contributed by atoms with van der Waals surface area (Å²) in [5, 5.41) is 11.4. The summed E-state index contributed by atoms with van der Waals surface area (Å²) in [5.74, 6) is 1.17. The maximum atomic E-state index is 12.9. The van der Waals surface area contributed by atoms with Gasteiger partial charge in [0.1, 0.15) is 17.3 Å². The minimum absolute atomic E-state index is 0.0354. The second-order valence-corrected chi connectivity index (χ2v) is 8.37. The lowest BCUT2D eigenvalue weighted by Crippen LogP contribution is -2.27. The third-order valence-electron chi connectivity index (χ3n) is 4.64. The Labute approximate surface area is 187 Å². The average Bonchev–Trinajstić information content (AvgIpc) is 3.32. The Hall–Kier alpha value is -3.43. The van der Waals surface area contributed by atoms with Crippen molar-refractivity contribution in [2.45, 2.75) is 6.92 Å². The average molecular weight is 453 g/mol. The molecule has 4 rings (SSSR count). The summed E-state index contributed by atoms with van der Waals surface area (Å²) >= 11 is 6.55. The summed E-state index contributed by atoms with van der Waals surface area (Å²) < 4.78 is 11.3. The molecular formula is C22H16N2O5S2. The summed E-state index contributed by atoms with van der Waals surface area (Å²) in [6, 6.07) is 15.3. The molecule has 2 aromatic carbocycles. The smallest absolute Gasteiger partial charge is 0.280 e. The van der Waals surface area contributed by atoms with E-state index >= 15 is 0 Å². The highest BCUT2D eigenvalue weighted by molar-refractivity contribution is 8.27. The summed E-state index contributed by atoms with van der Waals surface area (Å²) in [4.78, 5) is 25.7. The normalized spacial score (nSPS) is 15.0.